The number of amidine groups is 1. The Morgan fingerprint density at radius 2 is 1.90 bits per heavy atom. The van der Waals surface area contributed by atoms with Gasteiger partial charge in [0.25, 0.3) is 5.91 Å². The molecular formula is C22H20N2O5S. The van der Waals surface area contributed by atoms with Gasteiger partial charge < -0.3 is 14.9 Å². The number of phenols is 1. The van der Waals surface area contributed by atoms with E-state index in [0.717, 1.165) is 5.56 Å². The molecule has 154 valence electrons. The van der Waals surface area contributed by atoms with Crippen LogP contribution < -0.4 is 4.74 Å². The topological polar surface area (TPSA) is 99.4 Å². The molecule has 3 rings (SSSR count). The summed E-state index contributed by atoms with van der Waals surface area (Å²) in [6, 6.07) is 13.2. The molecule has 1 atom stereocenters. The van der Waals surface area contributed by atoms with Gasteiger partial charge in [0.05, 0.1) is 10.6 Å². The Labute approximate surface area is 178 Å². The number of ether oxygens (including phenoxy) is 1. The molecule has 0 saturated carbocycles. The molecule has 1 amide bonds. The maximum absolute atomic E-state index is 12.8. The van der Waals surface area contributed by atoms with Gasteiger partial charge in [0.15, 0.2) is 11.3 Å². The van der Waals surface area contributed by atoms with Crippen LogP contribution in [0.4, 0.5) is 5.69 Å². The van der Waals surface area contributed by atoms with Crippen molar-refractivity contribution in [2.45, 2.75) is 13.0 Å². The first-order valence-electron chi connectivity index (χ1n) is 9.07. The third-order valence-electron chi connectivity index (χ3n) is 4.11. The van der Waals surface area contributed by atoms with E-state index in [1.807, 2.05) is 0 Å². The SMILES string of the molecule is C=CCN1C(=O)/C(=C/c2ccc(OC(C)C(=O)O)cc2)SC1=Nc1ccc(O)cc1. The number of phenolic OH excluding ortho intramolecular Hbond substituents is 1. The van der Waals surface area contributed by atoms with Crippen LogP contribution in [0.25, 0.3) is 6.08 Å². The van der Waals surface area contributed by atoms with E-state index in [0.29, 0.717) is 28.1 Å². The van der Waals surface area contributed by atoms with Crippen LogP contribution in [0.2, 0.25) is 0 Å². The van der Waals surface area contributed by atoms with Crippen LogP contribution in [0, 0.1) is 0 Å². The van der Waals surface area contributed by atoms with Crippen molar-refractivity contribution in [1.82, 2.24) is 4.90 Å². The molecule has 2 aromatic rings. The molecule has 1 saturated heterocycles. The van der Waals surface area contributed by atoms with E-state index in [1.165, 1.54) is 35.7 Å². The van der Waals surface area contributed by atoms with E-state index in [9.17, 15) is 14.7 Å². The zero-order valence-corrected chi connectivity index (χ0v) is 17.0. The highest BCUT2D eigenvalue weighted by Crippen LogP contribution is 2.34. The second-order valence-corrected chi connectivity index (χ2v) is 7.40. The van der Waals surface area contributed by atoms with E-state index >= 15 is 0 Å². The van der Waals surface area contributed by atoms with Crippen molar-refractivity contribution in [3.8, 4) is 11.5 Å². The first-order chi connectivity index (χ1) is 14.4. The Morgan fingerprint density at radius 1 is 1.23 bits per heavy atom. The first-order valence-corrected chi connectivity index (χ1v) is 9.88. The zero-order valence-electron chi connectivity index (χ0n) is 16.2. The second-order valence-electron chi connectivity index (χ2n) is 6.39. The summed E-state index contributed by atoms with van der Waals surface area (Å²) in [5.41, 5.74) is 1.39. The number of aliphatic imine (C=N–C) groups is 1. The number of aromatic hydroxyl groups is 1. The first kappa shape index (κ1) is 21.2. The molecule has 8 heteroatoms. The Morgan fingerprint density at radius 3 is 2.50 bits per heavy atom. The summed E-state index contributed by atoms with van der Waals surface area (Å²) >= 11 is 1.25. The van der Waals surface area contributed by atoms with Crippen molar-refractivity contribution in [3.63, 3.8) is 0 Å². The van der Waals surface area contributed by atoms with Gasteiger partial charge in [-0.25, -0.2) is 9.79 Å². The summed E-state index contributed by atoms with van der Waals surface area (Å²) in [5.74, 6) is -0.655. The number of carbonyl (C=O) groups is 2. The highest BCUT2D eigenvalue weighted by Gasteiger charge is 2.32. The molecule has 30 heavy (non-hydrogen) atoms. The maximum Gasteiger partial charge on any atom is 0.344 e. The van der Waals surface area contributed by atoms with Crippen LogP contribution in [0.5, 0.6) is 11.5 Å². The molecule has 1 heterocycles. The van der Waals surface area contributed by atoms with Crippen molar-refractivity contribution in [2.75, 3.05) is 6.54 Å². The zero-order chi connectivity index (χ0) is 21.7. The number of nitrogens with zero attached hydrogens (tertiary/aromatic N) is 2. The minimum Gasteiger partial charge on any atom is -0.508 e. The molecule has 7 nitrogen and oxygen atoms in total. The van der Waals surface area contributed by atoms with Gasteiger partial charge in [-0.2, -0.15) is 0 Å². The van der Waals surface area contributed by atoms with Gasteiger partial charge in [0, 0.05) is 6.54 Å². The van der Waals surface area contributed by atoms with Crippen LogP contribution in [0.3, 0.4) is 0 Å². The Hall–Kier alpha value is -3.52. The molecular weight excluding hydrogens is 404 g/mol. The van der Waals surface area contributed by atoms with E-state index < -0.39 is 12.1 Å². The van der Waals surface area contributed by atoms with Gasteiger partial charge in [-0.1, -0.05) is 18.2 Å². The molecule has 0 radical (unpaired) electrons. The smallest absolute Gasteiger partial charge is 0.344 e. The fourth-order valence-corrected chi connectivity index (χ4v) is 3.58. The minimum absolute atomic E-state index is 0.141. The van der Waals surface area contributed by atoms with Gasteiger partial charge in [0.2, 0.25) is 0 Å². The molecule has 0 spiro atoms. The number of hydrogen-bond acceptors (Lipinski definition) is 6. The molecule has 1 aliphatic heterocycles. The average Bonchev–Trinajstić information content (AvgIpc) is 3.00. The number of carboxylic acids is 1. The monoisotopic (exact) mass is 424 g/mol. The molecule has 0 bridgehead atoms. The van der Waals surface area contributed by atoms with Crippen molar-refractivity contribution in [3.05, 3.63) is 71.7 Å². The summed E-state index contributed by atoms with van der Waals surface area (Å²) in [7, 11) is 0. The number of carbonyl (C=O) groups excluding carboxylic acids is 1. The fraction of sp³-hybridized carbons (Fsp3) is 0.136. The second kappa shape index (κ2) is 9.32. The average molecular weight is 424 g/mol. The number of hydrogen-bond donors (Lipinski definition) is 2. The van der Waals surface area contributed by atoms with Crippen LogP contribution >= 0.6 is 11.8 Å². The van der Waals surface area contributed by atoms with Gasteiger partial charge in [0.1, 0.15) is 11.5 Å². The normalized spacial score (nSPS) is 17.4. The van der Waals surface area contributed by atoms with E-state index in [1.54, 1.807) is 48.6 Å². The Bertz CT molecular complexity index is 1010. The van der Waals surface area contributed by atoms with E-state index in [4.69, 9.17) is 9.84 Å². The highest BCUT2D eigenvalue weighted by atomic mass is 32.2. The molecule has 2 N–H and O–H groups in total. The lowest BCUT2D eigenvalue weighted by Gasteiger charge is -2.12. The van der Waals surface area contributed by atoms with Crippen LogP contribution in [0.1, 0.15) is 12.5 Å². The van der Waals surface area contributed by atoms with Gasteiger partial charge >= 0.3 is 5.97 Å². The van der Waals surface area contributed by atoms with Crippen LogP contribution in [-0.4, -0.2) is 44.8 Å². The van der Waals surface area contributed by atoms with Gasteiger partial charge in [-0.05, 0) is 66.7 Å². The molecule has 1 fully saturated rings. The number of benzene rings is 2. The van der Waals surface area contributed by atoms with Crippen LogP contribution in [-0.2, 0) is 9.59 Å². The Kier molecular flexibility index (Phi) is 6.58. The van der Waals surface area contributed by atoms with Gasteiger partial charge in [-0.3, -0.25) is 9.69 Å². The molecule has 1 unspecified atom stereocenters. The Balaban J connectivity index is 1.82. The number of carboxylic acid groups (broad SMARTS) is 1. The number of aliphatic carboxylic acids is 1. The predicted molar refractivity (Wildman–Crippen MR) is 117 cm³/mol. The quantitative estimate of drug-likeness (QED) is 0.514. The predicted octanol–water partition coefficient (Wildman–Crippen LogP) is 4.03. The molecule has 2 aromatic carbocycles. The number of thioether (sulfide) groups is 1. The van der Waals surface area contributed by atoms with Crippen molar-refractivity contribution < 1.29 is 24.5 Å². The van der Waals surface area contributed by atoms with Crippen LogP contribution in [0.15, 0.2) is 71.1 Å². The lowest BCUT2D eigenvalue weighted by atomic mass is 10.2. The third kappa shape index (κ3) is 5.09. The van der Waals surface area contributed by atoms with E-state index in [-0.39, 0.29) is 11.7 Å². The number of rotatable bonds is 7. The van der Waals surface area contributed by atoms with Crippen molar-refractivity contribution in [1.29, 1.82) is 0 Å². The van der Waals surface area contributed by atoms with Crippen molar-refractivity contribution >= 4 is 40.6 Å². The van der Waals surface area contributed by atoms with Gasteiger partial charge in [-0.15, -0.1) is 6.58 Å². The number of amides is 1. The summed E-state index contributed by atoms with van der Waals surface area (Å²) in [6.45, 7) is 5.47. The summed E-state index contributed by atoms with van der Waals surface area (Å²) in [6.07, 6.45) is 2.42. The lowest BCUT2D eigenvalue weighted by Crippen LogP contribution is -2.29. The molecule has 0 aliphatic carbocycles. The van der Waals surface area contributed by atoms with Crippen molar-refractivity contribution in [2.24, 2.45) is 4.99 Å². The molecule has 1 aliphatic rings. The summed E-state index contributed by atoms with van der Waals surface area (Å²) < 4.78 is 5.31. The highest BCUT2D eigenvalue weighted by molar-refractivity contribution is 8.18. The maximum atomic E-state index is 12.8. The summed E-state index contributed by atoms with van der Waals surface area (Å²) in [5, 5.41) is 18.9. The largest absolute Gasteiger partial charge is 0.508 e. The molecule has 0 aromatic heterocycles. The standard InChI is InChI=1S/C22H20N2O5S/c1-3-12-24-20(26)19(30-22(24)23-16-6-8-17(25)9-7-16)13-15-4-10-18(11-5-15)29-14(2)21(27)28/h3-11,13-14,25H,1,12H2,2H3,(H,27,28)/b19-13-,23-22?. The third-order valence-corrected chi connectivity index (χ3v) is 5.12. The fourth-order valence-electron chi connectivity index (χ4n) is 2.57. The lowest BCUT2D eigenvalue weighted by molar-refractivity contribution is -0.144. The summed E-state index contributed by atoms with van der Waals surface area (Å²) in [4.78, 5) is 30.3. The van der Waals surface area contributed by atoms with E-state index in [2.05, 4.69) is 11.6 Å². The minimum atomic E-state index is -1.04.